The van der Waals surface area contributed by atoms with Gasteiger partial charge in [0.15, 0.2) is 16.5 Å². The number of halogens is 4. The van der Waals surface area contributed by atoms with Gasteiger partial charge >= 0.3 is 10.1 Å². The fraction of sp³-hybridized carbons (Fsp3) is 0.429. The van der Waals surface area contributed by atoms with E-state index in [1.165, 1.54) is 7.11 Å². The van der Waals surface area contributed by atoms with Gasteiger partial charge in [-0.25, -0.2) is 8.78 Å². The summed E-state index contributed by atoms with van der Waals surface area (Å²) in [6.45, 7) is 10.7. The van der Waals surface area contributed by atoms with Crippen LogP contribution >= 0.6 is 0 Å². The normalized spacial score (nSPS) is 12.8. The van der Waals surface area contributed by atoms with Gasteiger partial charge in [-0.2, -0.15) is 17.2 Å². The van der Waals surface area contributed by atoms with E-state index in [0.29, 0.717) is 16.9 Å². The third-order valence-electron chi connectivity index (χ3n) is 4.56. The first kappa shape index (κ1) is 24.9. The zero-order valence-electron chi connectivity index (χ0n) is 18.2. The molecular weight excluding hydrogens is 440 g/mol. The highest BCUT2D eigenvalue weighted by Crippen LogP contribution is 2.46. The number of hydrogen-bond donors (Lipinski definition) is 1. The molecule has 0 aliphatic rings. The van der Waals surface area contributed by atoms with Crippen LogP contribution in [0.4, 0.5) is 17.6 Å². The molecule has 172 valence electrons. The zero-order valence-corrected chi connectivity index (χ0v) is 19.0. The Morgan fingerprint density at radius 2 is 1.16 bits per heavy atom. The lowest BCUT2D eigenvalue weighted by molar-refractivity contribution is 0.336. The molecule has 0 aliphatic carbocycles. The van der Waals surface area contributed by atoms with Gasteiger partial charge in [0.25, 0.3) is 0 Å². The maximum absolute atomic E-state index is 14.6. The molecule has 0 radical (unpaired) electrons. The average Bonchev–Trinajstić information content (AvgIpc) is 2.60. The van der Waals surface area contributed by atoms with Crippen molar-refractivity contribution in [3.8, 4) is 17.2 Å². The number of benzene rings is 2. The molecule has 2 aromatic carbocycles. The Morgan fingerprint density at radius 3 is 1.45 bits per heavy atom. The molecule has 0 amide bonds. The zero-order chi connectivity index (χ0) is 24.1. The molecule has 2 aromatic rings. The van der Waals surface area contributed by atoms with Crippen LogP contribution in [0.15, 0.2) is 17.0 Å². The summed E-state index contributed by atoms with van der Waals surface area (Å²) in [5.74, 6) is -9.87. The smallest absolute Gasteiger partial charge is 0.300 e. The quantitative estimate of drug-likeness (QED) is 0.347. The van der Waals surface area contributed by atoms with Crippen LogP contribution in [0.1, 0.15) is 52.7 Å². The van der Waals surface area contributed by atoms with Crippen molar-refractivity contribution in [2.45, 2.75) is 57.3 Å². The van der Waals surface area contributed by atoms with Crippen LogP contribution in [0.3, 0.4) is 0 Å². The Kier molecular flexibility index (Phi) is 6.42. The molecule has 2 rings (SSSR count). The highest BCUT2D eigenvalue weighted by Gasteiger charge is 2.35. The summed E-state index contributed by atoms with van der Waals surface area (Å²) in [4.78, 5) is -2.13. The third-order valence-corrected chi connectivity index (χ3v) is 5.43. The first-order valence-corrected chi connectivity index (χ1v) is 10.6. The molecule has 0 aromatic heterocycles. The van der Waals surface area contributed by atoms with E-state index in [-0.39, 0.29) is 5.75 Å². The SMILES string of the molecule is COc1cc(C(C)(C)C)c(Oc2c(F)c(F)c(S(=O)(=O)O)c(F)c2F)c(C(C)(C)C)c1. The van der Waals surface area contributed by atoms with Gasteiger partial charge in [-0.15, -0.1) is 0 Å². The van der Waals surface area contributed by atoms with Crippen LogP contribution in [0, 0.1) is 23.3 Å². The predicted molar refractivity (Wildman–Crippen MR) is 107 cm³/mol. The summed E-state index contributed by atoms with van der Waals surface area (Å²) in [5.41, 5.74) is -0.449. The molecule has 1 N–H and O–H groups in total. The van der Waals surface area contributed by atoms with E-state index in [0.717, 1.165) is 0 Å². The molecule has 0 atom stereocenters. The molecule has 0 heterocycles. The highest BCUT2D eigenvalue weighted by molar-refractivity contribution is 7.85. The molecule has 31 heavy (non-hydrogen) atoms. The van der Waals surface area contributed by atoms with Crippen LogP contribution in [-0.2, 0) is 20.9 Å². The van der Waals surface area contributed by atoms with Gasteiger partial charge in [0.05, 0.1) is 7.11 Å². The second-order valence-corrected chi connectivity index (χ2v) is 10.4. The maximum atomic E-state index is 14.6. The number of hydrogen-bond acceptors (Lipinski definition) is 4. The van der Waals surface area contributed by atoms with Crippen molar-refractivity contribution >= 4 is 10.1 Å². The van der Waals surface area contributed by atoms with Gasteiger partial charge in [-0.3, -0.25) is 4.55 Å². The van der Waals surface area contributed by atoms with E-state index < -0.39 is 54.9 Å². The molecule has 0 saturated heterocycles. The summed E-state index contributed by atoms with van der Waals surface area (Å²) in [7, 11) is -4.14. The Labute approximate surface area is 178 Å². The summed E-state index contributed by atoms with van der Waals surface area (Å²) in [6.07, 6.45) is 0. The predicted octanol–water partition coefficient (Wildman–Crippen LogP) is 5.89. The minimum absolute atomic E-state index is 0.0583. The van der Waals surface area contributed by atoms with Gasteiger partial charge in [0.2, 0.25) is 17.4 Å². The molecule has 0 spiro atoms. The van der Waals surface area contributed by atoms with Crippen LogP contribution in [0.25, 0.3) is 0 Å². The molecule has 0 unspecified atom stereocenters. The fourth-order valence-corrected chi connectivity index (χ4v) is 3.59. The van der Waals surface area contributed by atoms with Crippen molar-refractivity contribution in [1.82, 2.24) is 0 Å². The van der Waals surface area contributed by atoms with Crippen LogP contribution in [-0.4, -0.2) is 20.1 Å². The standard InChI is InChI=1S/C21H24F4O5S/c1-20(2,3)11-8-10(29-7)9-12(21(4,5)6)17(11)30-18-13(22)15(24)19(31(26,27)28)16(25)14(18)23/h8-9H,1-7H3,(H,26,27,28). The van der Waals surface area contributed by atoms with Crippen molar-refractivity contribution in [2.24, 2.45) is 0 Å². The molecule has 0 fully saturated rings. The van der Waals surface area contributed by atoms with E-state index in [4.69, 9.17) is 14.0 Å². The second-order valence-electron chi connectivity index (χ2n) is 9.04. The lowest BCUT2D eigenvalue weighted by Gasteiger charge is -2.30. The Morgan fingerprint density at radius 1 is 0.774 bits per heavy atom. The summed E-state index contributed by atoms with van der Waals surface area (Å²) in [5, 5.41) is 0. The van der Waals surface area contributed by atoms with Crippen LogP contribution in [0.2, 0.25) is 0 Å². The van der Waals surface area contributed by atoms with Gasteiger partial charge in [0.1, 0.15) is 11.5 Å². The number of rotatable bonds is 4. The van der Waals surface area contributed by atoms with Crippen molar-refractivity contribution < 1.29 is 40.0 Å². The van der Waals surface area contributed by atoms with Crippen molar-refractivity contribution in [3.05, 3.63) is 46.5 Å². The fourth-order valence-electron chi connectivity index (χ4n) is 2.95. The van der Waals surface area contributed by atoms with Gasteiger partial charge in [-0.05, 0) is 23.0 Å². The molecule has 0 saturated carbocycles. The van der Waals surface area contributed by atoms with E-state index in [9.17, 15) is 26.0 Å². The maximum Gasteiger partial charge on any atom is 0.300 e. The average molecular weight is 464 g/mol. The first-order chi connectivity index (χ1) is 13.9. The Hall–Kier alpha value is -2.33. The summed E-state index contributed by atoms with van der Waals surface area (Å²) in [6, 6.07) is 3.14. The lowest BCUT2D eigenvalue weighted by atomic mass is 9.79. The van der Waals surface area contributed by atoms with Gasteiger partial charge < -0.3 is 9.47 Å². The molecule has 5 nitrogen and oxygen atoms in total. The van der Waals surface area contributed by atoms with Crippen LogP contribution in [0.5, 0.6) is 17.2 Å². The minimum Gasteiger partial charge on any atom is -0.497 e. The third kappa shape index (κ3) is 4.79. The van der Waals surface area contributed by atoms with Gasteiger partial charge in [0, 0.05) is 11.1 Å². The summed E-state index contributed by atoms with van der Waals surface area (Å²) >= 11 is 0. The Balaban J connectivity index is 2.92. The number of methoxy groups -OCH3 is 1. The number of ether oxygens (including phenoxy) is 2. The molecule has 0 bridgehead atoms. The lowest BCUT2D eigenvalue weighted by Crippen LogP contribution is -2.20. The molecule has 0 aliphatic heterocycles. The van der Waals surface area contributed by atoms with E-state index >= 15 is 0 Å². The topological polar surface area (TPSA) is 72.8 Å². The largest absolute Gasteiger partial charge is 0.497 e. The van der Waals surface area contributed by atoms with E-state index in [1.807, 2.05) is 0 Å². The molecular formula is C21H24F4O5S. The van der Waals surface area contributed by atoms with E-state index in [1.54, 1.807) is 53.7 Å². The van der Waals surface area contributed by atoms with Crippen molar-refractivity contribution in [1.29, 1.82) is 0 Å². The Bertz CT molecular complexity index is 1070. The second kappa shape index (κ2) is 7.98. The summed E-state index contributed by atoms with van der Waals surface area (Å²) < 4.78 is 99.8. The van der Waals surface area contributed by atoms with Crippen molar-refractivity contribution in [3.63, 3.8) is 0 Å². The monoisotopic (exact) mass is 464 g/mol. The minimum atomic E-state index is -5.57. The highest BCUT2D eigenvalue weighted by atomic mass is 32.2. The van der Waals surface area contributed by atoms with Crippen LogP contribution < -0.4 is 9.47 Å². The van der Waals surface area contributed by atoms with Gasteiger partial charge in [-0.1, -0.05) is 41.5 Å². The van der Waals surface area contributed by atoms with Crippen molar-refractivity contribution in [2.75, 3.05) is 7.11 Å². The first-order valence-electron chi connectivity index (χ1n) is 9.15. The molecule has 10 heteroatoms. The van der Waals surface area contributed by atoms with E-state index in [2.05, 4.69) is 0 Å².